The van der Waals surface area contributed by atoms with Crippen molar-refractivity contribution < 1.29 is 4.79 Å². The topological polar surface area (TPSA) is 41.1 Å². The zero-order chi connectivity index (χ0) is 14.4. The number of fused-ring (bicyclic) bond motifs is 2. The lowest BCUT2D eigenvalue weighted by atomic mass is 9.73. The highest BCUT2D eigenvalue weighted by atomic mass is 79.9. The molecule has 2 aliphatic rings. The van der Waals surface area contributed by atoms with E-state index in [1.165, 1.54) is 0 Å². The minimum atomic E-state index is -0.482. The predicted molar refractivity (Wildman–Crippen MR) is 86.3 cm³/mol. The van der Waals surface area contributed by atoms with Crippen LogP contribution in [-0.4, -0.2) is 12.5 Å². The molecule has 2 N–H and O–H groups in total. The Morgan fingerprint density at radius 3 is 2.67 bits per heavy atom. The Bertz CT molecular complexity index is 713. The third kappa shape index (κ3) is 1.79. The molecule has 0 radical (unpaired) electrons. The van der Waals surface area contributed by atoms with Gasteiger partial charge in [-0.1, -0.05) is 46.3 Å². The number of carbonyl (C=O) groups excluding carboxylic acids is 1. The number of hydrogen-bond acceptors (Lipinski definition) is 2. The van der Waals surface area contributed by atoms with E-state index in [2.05, 4.69) is 44.8 Å². The van der Waals surface area contributed by atoms with Crippen LogP contribution in [0.25, 0.3) is 0 Å². The highest BCUT2D eigenvalue weighted by Crippen LogP contribution is 2.50. The van der Waals surface area contributed by atoms with Crippen molar-refractivity contribution in [3.05, 3.63) is 64.1 Å². The molecule has 4 rings (SSSR count). The van der Waals surface area contributed by atoms with Crippen LogP contribution in [0, 0.1) is 0 Å². The van der Waals surface area contributed by atoms with Crippen LogP contribution in [0.5, 0.6) is 0 Å². The average Bonchev–Trinajstić information content (AvgIpc) is 3.05. The fourth-order valence-electron chi connectivity index (χ4n) is 3.66. The Balaban J connectivity index is 1.86. The molecule has 21 heavy (non-hydrogen) atoms. The maximum Gasteiger partial charge on any atom is 0.237 e. The molecule has 2 heterocycles. The Kier molecular flexibility index (Phi) is 2.91. The average molecular weight is 343 g/mol. The molecule has 0 aromatic heterocycles. The van der Waals surface area contributed by atoms with E-state index < -0.39 is 5.41 Å². The van der Waals surface area contributed by atoms with Crippen LogP contribution in [-0.2, 0) is 10.2 Å². The first-order valence-electron chi connectivity index (χ1n) is 7.11. The number of benzene rings is 2. The molecule has 2 aromatic rings. The van der Waals surface area contributed by atoms with Gasteiger partial charge in [0.25, 0.3) is 0 Å². The quantitative estimate of drug-likeness (QED) is 0.834. The van der Waals surface area contributed by atoms with Crippen LogP contribution in [0.2, 0.25) is 0 Å². The minimum Gasteiger partial charge on any atom is -0.325 e. The van der Waals surface area contributed by atoms with Gasteiger partial charge in [-0.15, -0.1) is 0 Å². The van der Waals surface area contributed by atoms with E-state index in [1.54, 1.807) is 0 Å². The molecular formula is C17H15BrN2O. The second kappa shape index (κ2) is 4.68. The Morgan fingerprint density at radius 1 is 1.10 bits per heavy atom. The maximum atomic E-state index is 12.7. The summed E-state index contributed by atoms with van der Waals surface area (Å²) in [5.74, 6) is 0.113. The summed E-state index contributed by atoms with van der Waals surface area (Å²) in [5, 5.41) is 6.57. The SMILES string of the molecule is O=C1Nc2ccccc2[C@]12CCN[C@@H]2c1ccc(Br)cc1. The molecule has 4 heteroatoms. The lowest BCUT2D eigenvalue weighted by Crippen LogP contribution is -2.39. The number of carbonyl (C=O) groups is 1. The van der Waals surface area contributed by atoms with Gasteiger partial charge >= 0.3 is 0 Å². The summed E-state index contributed by atoms with van der Waals surface area (Å²) in [6.07, 6.45) is 0.830. The number of amides is 1. The molecule has 2 aliphatic heterocycles. The number of nitrogens with one attached hydrogen (secondary N) is 2. The summed E-state index contributed by atoms with van der Waals surface area (Å²) < 4.78 is 1.05. The maximum absolute atomic E-state index is 12.7. The van der Waals surface area contributed by atoms with E-state index in [9.17, 15) is 4.79 Å². The van der Waals surface area contributed by atoms with E-state index >= 15 is 0 Å². The highest BCUT2D eigenvalue weighted by Gasteiger charge is 2.55. The molecule has 1 spiro atoms. The Hall–Kier alpha value is -1.65. The number of anilines is 1. The Morgan fingerprint density at radius 2 is 1.86 bits per heavy atom. The fourth-order valence-corrected chi connectivity index (χ4v) is 3.93. The molecule has 106 valence electrons. The summed E-state index contributed by atoms with van der Waals surface area (Å²) in [5.41, 5.74) is 2.74. The van der Waals surface area contributed by atoms with Crippen molar-refractivity contribution in [3.63, 3.8) is 0 Å². The molecule has 1 saturated heterocycles. The van der Waals surface area contributed by atoms with E-state index in [0.717, 1.165) is 34.3 Å². The molecule has 3 nitrogen and oxygen atoms in total. The molecule has 0 aliphatic carbocycles. The molecule has 0 saturated carbocycles. The van der Waals surface area contributed by atoms with Gasteiger partial charge in [-0.2, -0.15) is 0 Å². The van der Waals surface area contributed by atoms with Crippen LogP contribution < -0.4 is 10.6 Å². The van der Waals surface area contributed by atoms with Gasteiger partial charge in [-0.3, -0.25) is 4.79 Å². The second-order valence-electron chi connectivity index (χ2n) is 5.66. The van der Waals surface area contributed by atoms with Crippen LogP contribution in [0.4, 0.5) is 5.69 Å². The van der Waals surface area contributed by atoms with Crippen molar-refractivity contribution >= 4 is 27.5 Å². The second-order valence-corrected chi connectivity index (χ2v) is 6.58. The fraction of sp³-hybridized carbons (Fsp3) is 0.235. The van der Waals surface area contributed by atoms with Crippen LogP contribution in [0.1, 0.15) is 23.6 Å². The van der Waals surface area contributed by atoms with Gasteiger partial charge in [0.15, 0.2) is 0 Å². The molecule has 1 amide bonds. The standard InChI is InChI=1S/C17H15BrN2O/c18-12-7-5-11(6-8-12)15-17(9-10-19-15)13-3-1-2-4-14(13)20-16(17)21/h1-8,15,19H,9-10H2,(H,20,21)/t15-,17+/m1/s1. The van der Waals surface area contributed by atoms with Crippen molar-refractivity contribution in [2.75, 3.05) is 11.9 Å². The minimum absolute atomic E-state index is 0.0225. The number of para-hydroxylation sites is 1. The third-order valence-electron chi connectivity index (χ3n) is 4.63. The van der Waals surface area contributed by atoms with Gasteiger partial charge in [-0.25, -0.2) is 0 Å². The van der Waals surface area contributed by atoms with Gasteiger partial charge in [0.1, 0.15) is 0 Å². The Labute approximate surface area is 131 Å². The zero-order valence-electron chi connectivity index (χ0n) is 11.4. The first-order chi connectivity index (χ1) is 10.2. The summed E-state index contributed by atoms with van der Waals surface area (Å²) in [6, 6.07) is 16.3. The number of rotatable bonds is 1. The largest absolute Gasteiger partial charge is 0.325 e. The van der Waals surface area contributed by atoms with Gasteiger partial charge in [0.05, 0.1) is 11.5 Å². The monoisotopic (exact) mass is 342 g/mol. The highest BCUT2D eigenvalue weighted by molar-refractivity contribution is 9.10. The van der Waals surface area contributed by atoms with Crippen molar-refractivity contribution in [2.45, 2.75) is 17.9 Å². The number of halogens is 1. The van der Waals surface area contributed by atoms with Crippen LogP contribution in [0.15, 0.2) is 53.0 Å². The van der Waals surface area contributed by atoms with E-state index in [0.29, 0.717) is 0 Å². The molecular weight excluding hydrogens is 328 g/mol. The van der Waals surface area contributed by atoms with E-state index in [-0.39, 0.29) is 11.9 Å². The smallest absolute Gasteiger partial charge is 0.237 e. The van der Waals surface area contributed by atoms with Crippen molar-refractivity contribution in [1.29, 1.82) is 0 Å². The molecule has 0 bridgehead atoms. The lowest BCUT2D eigenvalue weighted by molar-refractivity contribution is -0.121. The lowest BCUT2D eigenvalue weighted by Gasteiger charge is -2.29. The van der Waals surface area contributed by atoms with Gasteiger partial charge in [0, 0.05) is 10.2 Å². The van der Waals surface area contributed by atoms with Gasteiger partial charge < -0.3 is 10.6 Å². The van der Waals surface area contributed by atoms with Crippen molar-refractivity contribution in [3.8, 4) is 0 Å². The normalized spacial score (nSPS) is 26.9. The summed E-state index contributed by atoms with van der Waals surface area (Å²) >= 11 is 3.47. The number of hydrogen-bond donors (Lipinski definition) is 2. The summed E-state index contributed by atoms with van der Waals surface area (Å²) in [4.78, 5) is 12.7. The summed E-state index contributed by atoms with van der Waals surface area (Å²) in [7, 11) is 0. The molecule has 2 atom stereocenters. The first kappa shape index (κ1) is 13.0. The zero-order valence-corrected chi connectivity index (χ0v) is 13.0. The summed E-state index contributed by atoms with van der Waals surface area (Å²) in [6.45, 7) is 0.850. The van der Waals surface area contributed by atoms with Gasteiger partial charge in [0.2, 0.25) is 5.91 Å². The van der Waals surface area contributed by atoms with Crippen LogP contribution >= 0.6 is 15.9 Å². The predicted octanol–water partition coefficient (Wildman–Crippen LogP) is 3.37. The third-order valence-corrected chi connectivity index (χ3v) is 5.15. The van der Waals surface area contributed by atoms with E-state index in [1.807, 2.05) is 30.3 Å². The molecule has 2 aromatic carbocycles. The van der Waals surface area contributed by atoms with Crippen LogP contribution in [0.3, 0.4) is 0 Å². The van der Waals surface area contributed by atoms with Gasteiger partial charge in [-0.05, 0) is 42.3 Å². The molecule has 0 unspecified atom stereocenters. The van der Waals surface area contributed by atoms with Crippen molar-refractivity contribution in [1.82, 2.24) is 5.32 Å². The van der Waals surface area contributed by atoms with E-state index in [4.69, 9.17) is 0 Å². The van der Waals surface area contributed by atoms with Crippen molar-refractivity contribution in [2.24, 2.45) is 0 Å². The molecule has 1 fully saturated rings. The first-order valence-corrected chi connectivity index (χ1v) is 7.91.